The zero-order valence-corrected chi connectivity index (χ0v) is 12.7. The highest BCUT2D eigenvalue weighted by atomic mass is 16.4. The predicted molar refractivity (Wildman–Crippen MR) is 82.0 cm³/mol. The number of hydrogen-bond acceptors (Lipinski definition) is 6. The van der Waals surface area contributed by atoms with Gasteiger partial charge in [-0.2, -0.15) is 0 Å². The van der Waals surface area contributed by atoms with Crippen LogP contribution in [0, 0.1) is 0 Å². The normalized spacial score (nSPS) is 10.0. The number of aliphatic carboxylic acids is 3. The monoisotopic (exact) mass is 328 g/mol. The molecule has 9 heteroatoms. The Morgan fingerprint density at radius 2 is 1.39 bits per heavy atom. The fraction of sp³-hybridized carbons (Fsp3) is 0.286. The van der Waals surface area contributed by atoms with E-state index in [0.29, 0.717) is 11.3 Å². The van der Waals surface area contributed by atoms with Gasteiger partial charge in [0.2, 0.25) is 0 Å². The number of nitrogen functional groups attached to an aromatic ring is 1. The Morgan fingerprint density at radius 1 is 1.00 bits per heavy atom. The van der Waals surface area contributed by atoms with Crippen LogP contribution in [0.4, 0.5) is 5.69 Å². The van der Waals surface area contributed by atoms with Crippen LogP contribution < -0.4 is 11.5 Å². The summed E-state index contributed by atoms with van der Waals surface area (Å²) in [6.07, 6.45) is -0.246. The molecule has 0 aliphatic carbocycles. The largest absolute Gasteiger partial charge is 0.481 e. The molecule has 0 unspecified atom stereocenters. The average Bonchev–Trinajstić information content (AvgIpc) is 2.37. The van der Waals surface area contributed by atoms with E-state index >= 15 is 0 Å². The number of carboxylic acid groups (broad SMARTS) is 3. The lowest BCUT2D eigenvalue weighted by atomic mass is 10.0. The maximum atomic E-state index is 11.6. The second-order valence-corrected chi connectivity index (χ2v) is 4.20. The van der Waals surface area contributed by atoms with Gasteiger partial charge in [-0.3, -0.25) is 19.2 Å². The second-order valence-electron chi connectivity index (χ2n) is 4.20. The highest BCUT2D eigenvalue weighted by Gasteiger charge is 2.18. The van der Waals surface area contributed by atoms with Crippen molar-refractivity contribution in [2.24, 2.45) is 5.73 Å². The quantitative estimate of drug-likeness (QED) is 0.386. The standard InChI is InChI=1S/C10H12N2O3.2C2H4O2/c11-7-4-2-1-3-6(7)9(13)5-8(12)10(14)15;2*1-2(3)4/h1-4,8H,5,11-12H2,(H,14,15);2*1H3,(H,3,4)/t8-;;/m0../s1. The van der Waals surface area contributed by atoms with E-state index in [1.165, 1.54) is 0 Å². The van der Waals surface area contributed by atoms with E-state index in [0.717, 1.165) is 13.8 Å². The molecule has 1 aromatic rings. The van der Waals surface area contributed by atoms with Gasteiger partial charge in [0.1, 0.15) is 6.04 Å². The molecule has 9 nitrogen and oxygen atoms in total. The smallest absolute Gasteiger partial charge is 0.320 e. The number of hydrogen-bond donors (Lipinski definition) is 5. The summed E-state index contributed by atoms with van der Waals surface area (Å²) in [5, 5.41) is 23.4. The first-order chi connectivity index (χ1) is 10.5. The Hall–Kier alpha value is -2.94. The van der Waals surface area contributed by atoms with Crippen molar-refractivity contribution in [1.82, 2.24) is 0 Å². The van der Waals surface area contributed by atoms with E-state index in [9.17, 15) is 9.59 Å². The maximum absolute atomic E-state index is 11.6. The predicted octanol–water partition coefficient (Wildman–Crippen LogP) is 0.435. The van der Waals surface area contributed by atoms with Gasteiger partial charge in [-0.15, -0.1) is 0 Å². The van der Waals surface area contributed by atoms with Gasteiger partial charge in [-0.05, 0) is 12.1 Å². The van der Waals surface area contributed by atoms with E-state index < -0.39 is 23.9 Å². The van der Waals surface area contributed by atoms with Crippen molar-refractivity contribution < 1.29 is 34.5 Å². The van der Waals surface area contributed by atoms with Crippen LogP contribution in [0.3, 0.4) is 0 Å². The Morgan fingerprint density at radius 3 is 1.74 bits per heavy atom. The van der Waals surface area contributed by atoms with Gasteiger partial charge < -0.3 is 26.8 Å². The first-order valence-corrected chi connectivity index (χ1v) is 6.24. The number of anilines is 1. The molecule has 0 heterocycles. The van der Waals surface area contributed by atoms with Crippen LogP contribution in [0.15, 0.2) is 24.3 Å². The first-order valence-electron chi connectivity index (χ1n) is 6.24. The first kappa shape index (κ1) is 22.3. The number of para-hydroxylation sites is 1. The third-order valence-corrected chi connectivity index (χ3v) is 1.98. The number of rotatable bonds is 4. The molecule has 0 saturated carbocycles. The Labute approximate surface area is 132 Å². The molecule has 0 saturated heterocycles. The molecule has 0 bridgehead atoms. The molecule has 0 spiro atoms. The van der Waals surface area contributed by atoms with Gasteiger partial charge in [-0.25, -0.2) is 0 Å². The number of nitrogens with two attached hydrogens (primary N) is 2. The number of carboxylic acids is 3. The molecule has 0 fully saturated rings. The summed E-state index contributed by atoms with van der Waals surface area (Å²) in [5.74, 6) is -3.22. The van der Waals surface area contributed by atoms with Crippen LogP contribution in [0.5, 0.6) is 0 Å². The van der Waals surface area contributed by atoms with Crippen molar-refractivity contribution in [3.63, 3.8) is 0 Å². The highest BCUT2D eigenvalue weighted by molar-refractivity contribution is 6.02. The summed E-state index contributed by atoms with van der Waals surface area (Å²) < 4.78 is 0. The zero-order valence-electron chi connectivity index (χ0n) is 12.7. The third kappa shape index (κ3) is 13.8. The molecular formula is C14H20N2O7. The second kappa shape index (κ2) is 11.7. The Balaban J connectivity index is 0. The van der Waals surface area contributed by atoms with Crippen LogP contribution in [0.25, 0.3) is 0 Å². The molecule has 1 rings (SSSR count). The fourth-order valence-corrected chi connectivity index (χ4v) is 1.15. The fourth-order valence-electron chi connectivity index (χ4n) is 1.15. The summed E-state index contributed by atoms with van der Waals surface area (Å²) in [7, 11) is 0. The molecule has 128 valence electrons. The van der Waals surface area contributed by atoms with Crippen molar-refractivity contribution in [1.29, 1.82) is 0 Å². The number of carbonyl (C=O) groups is 4. The van der Waals surface area contributed by atoms with Crippen molar-refractivity contribution in [3.05, 3.63) is 29.8 Å². The van der Waals surface area contributed by atoms with E-state index in [4.69, 9.17) is 36.4 Å². The van der Waals surface area contributed by atoms with E-state index in [-0.39, 0.29) is 12.2 Å². The van der Waals surface area contributed by atoms with Crippen molar-refractivity contribution in [2.75, 3.05) is 5.73 Å². The van der Waals surface area contributed by atoms with Crippen LogP contribution in [0.2, 0.25) is 0 Å². The van der Waals surface area contributed by atoms with E-state index in [1.807, 2.05) is 0 Å². The van der Waals surface area contributed by atoms with Crippen molar-refractivity contribution in [3.8, 4) is 0 Å². The molecule has 0 radical (unpaired) electrons. The van der Waals surface area contributed by atoms with Gasteiger partial charge in [0.15, 0.2) is 5.78 Å². The molecule has 0 aliphatic heterocycles. The van der Waals surface area contributed by atoms with Crippen LogP contribution >= 0.6 is 0 Å². The highest BCUT2D eigenvalue weighted by Crippen LogP contribution is 2.13. The van der Waals surface area contributed by atoms with Crippen LogP contribution in [0.1, 0.15) is 30.6 Å². The summed E-state index contributed by atoms with van der Waals surface area (Å²) in [5.41, 5.74) is 11.5. The van der Waals surface area contributed by atoms with Gasteiger partial charge >= 0.3 is 5.97 Å². The number of carbonyl (C=O) groups excluding carboxylic acids is 1. The number of ketones is 1. The van der Waals surface area contributed by atoms with Gasteiger partial charge in [0, 0.05) is 31.5 Å². The van der Waals surface area contributed by atoms with Crippen LogP contribution in [-0.4, -0.2) is 45.1 Å². The molecule has 7 N–H and O–H groups in total. The average molecular weight is 328 g/mol. The number of benzene rings is 1. The third-order valence-electron chi connectivity index (χ3n) is 1.98. The minimum absolute atomic E-state index is 0.246. The minimum Gasteiger partial charge on any atom is -0.481 e. The lowest BCUT2D eigenvalue weighted by Gasteiger charge is -2.07. The SMILES string of the molecule is CC(=O)O.CC(=O)O.Nc1ccccc1C(=O)C[C@H](N)C(=O)O. The van der Waals surface area contributed by atoms with Crippen LogP contribution in [-0.2, 0) is 14.4 Å². The summed E-state index contributed by atoms with van der Waals surface area (Å²) >= 11 is 0. The Kier molecular flexibility index (Phi) is 11.4. The molecule has 0 aromatic heterocycles. The summed E-state index contributed by atoms with van der Waals surface area (Å²) in [6.45, 7) is 2.17. The molecule has 1 atom stereocenters. The Bertz CT molecular complexity index is 538. The molecule has 23 heavy (non-hydrogen) atoms. The minimum atomic E-state index is -1.20. The molecular weight excluding hydrogens is 308 g/mol. The van der Waals surface area contributed by atoms with Gasteiger partial charge in [0.25, 0.3) is 11.9 Å². The van der Waals surface area contributed by atoms with Gasteiger partial charge in [-0.1, -0.05) is 12.1 Å². The summed E-state index contributed by atoms with van der Waals surface area (Å²) in [4.78, 5) is 40.0. The summed E-state index contributed by atoms with van der Waals surface area (Å²) in [6, 6.07) is 5.31. The van der Waals surface area contributed by atoms with Crippen molar-refractivity contribution >= 4 is 29.4 Å². The lowest BCUT2D eigenvalue weighted by Crippen LogP contribution is -2.32. The molecule has 0 aliphatic rings. The molecule has 1 aromatic carbocycles. The van der Waals surface area contributed by atoms with E-state index in [2.05, 4.69) is 0 Å². The number of Topliss-reactive ketones (excluding diaryl/α,β-unsaturated/α-hetero) is 1. The van der Waals surface area contributed by atoms with Crippen molar-refractivity contribution in [2.45, 2.75) is 26.3 Å². The maximum Gasteiger partial charge on any atom is 0.320 e. The van der Waals surface area contributed by atoms with Gasteiger partial charge in [0.05, 0.1) is 0 Å². The zero-order chi connectivity index (χ0) is 18.6. The lowest BCUT2D eigenvalue weighted by molar-refractivity contribution is -0.138. The molecule has 0 amide bonds. The van der Waals surface area contributed by atoms with E-state index in [1.54, 1.807) is 24.3 Å². The topological polar surface area (TPSA) is 181 Å².